The van der Waals surface area contributed by atoms with Crippen molar-refractivity contribution in [1.29, 1.82) is 0 Å². The van der Waals surface area contributed by atoms with Crippen molar-refractivity contribution in [2.24, 2.45) is 0 Å². The Labute approximate surface area is 106 Å². The zero-order valence-corrected chi connectivity index (χ0v) is 11.1. The molecule has 1 N–H and O–H groups in total. The number of ether oxygens (including phenoxy) is 5. The highest BCUT2D eigenvalue weighted by Gasteiger charge is 2.57. The van der Waals surface area contributed by atoms with Crippen LogP contribution in [0.2, 0.25) is 0 Å². The Bertz CT molecular complexity index is 341. The van der Waals surface area contributed by atoms with E-state index >= 15 is 0 Å². The molecule has 0 unspecified atom stereocenters. The number of aliphatic hydroxyl groups is 1. The van der Waals surface area contributed by atoms with Crippen molar-refractivity contribution in [2.45, 2.75) is 70.0 Å². The van der Waals surface area contributed by atoms with Crippen LogP contribution in [0.4, 0.5) is 0 Å². The molecule has 0 saturated carbocycles. The normalized spacial score (nSPS) is 49.5. The molecule has 5 atom stereocenters. The van der Waals surface area contributed by atoms with Crippen LogP contribution in [-0.2, 0) is 23.7 Å². The third-order valence-electron chi connectivity index (χ3n) is 3.45. The molecule has 3 heterocycles. The van der Waals surface area contributed by atoms with Gasteiger partial charge < -0.3 is 28.8 Å². The number of fused-ring (bicyclic) bond motifs is 1. The molecule has 0 radical (unpaired) electrons. The van der Waals surface area contributed by atoms with Gasteiger partial charge in [-0.05, 0) is 27.7 Å². The Morgan fingerprint density at radius 3 is 2.22 bits per heavy atom. The van der Waals surface area contributed by atoms with Crippen molar-refractivity contribution < 1.29 is 28.8 Å². The lowest BCUT2D eigenvalue weighted by atomic mass is 10.1. The lowest BCUT2D eigenvalue weighted by Crippen LogP contribution is -2.42. The summed E-state index contributed by atoms with van der Waals surface area (Å²) in [6, 6.07) is 0. The fourth-order valence-corrected chi connectivity index (χ4v) is 2.70. The Kier molecular flexibility index (Phi) is 2.75. The molecule has 0 spiro atoms. The van der Waals surface area contributed by atoms with Crippen LogP contribution in [0.25, 0.3) is 0 Å². The Hall–Kier alpha value is -0.240. The highest BCUT2D eigenvalue weighted by molar-refractivity contribution is 4.97. The first kappa shape index (κ1) is 12.8. The smallest absolute Gasteiger partial charge is 0.190 e. The van der Waals surface area contributed by atoms with E-state index < -0.39 is 36.2 Å². The second-order valence-electron chi connectivity index (χ2n) is 5.93. The average molecular weight is 260 g/mol. The fraction of sp³-hybridized carbons (Fsp3) is 1.00. The summed E-state index contributed by atoms with van der Waals surface area (Å²) >= 11 is 0. The van der Waals surface area contributed by atoms with E-state index in [1.807, 2.05) is 13.8 Å². The van der Waals surface area contributed by atoms with Crippen molar-refractivity contribution in [3.05, 3.63) is 0 Å². The summed E-state index contributed by atoms with van der Waals surface area (Å²) in [4.78, 5) is 0. The summed E-state index contributed by atoms with van der Waals surface area (Å²) in [6.07, 6.45) is -2.53. The minimum absolute atomic E-state index is 0.295. The molecule has 0 bridgehead atoms. The van der Waals surface area contributed by atoms with Gasteiger partial charge in [0.1, 0.15) is 24.4 Å². The molecule has 18 heavy (non-hydrogen) atoms. The predicted molar refractivity (Wildman–Crippen MR) is 59.6 cm³/mol. The number of hydrogen-bond acceptors (Lipinski definition) is 6. The molecule has 0 aromatic heterocycles. The van der Waals surface area contributed by atoms with Crippen molar-refractivity contribution in [3.8, 4) is 0 Å². The zero-order valence-electron chi connectivity index (χ0n) is 11.1. The van der Waals surface area contributed by atoms with Gasteiger partial charge in [0.25, 0.3) is 0 Å². The molecule has 6 nitrogen and oxygen atoms in total. The summed E-state index contributed by atoms with van der Waals surface area (Å²) in [6.45, 7) is 7.68. The van der Waals surface area contributed by atoms with Gasteiger partial charge in [0, 0.05) is 0 Å². The van der Waals surface area contributed by atoms with E-state index in [-0.39, 0.29) is 6.10 Å². The monoisotopic (exact) mass is 260 g/mol. The van der Waals surface area contributed by atoms with Crippen LogP contribution in [-0.4, -0.2) is 54.0 Å². The first-order valence-electron chi connectivity index (χ1n) is 6.28. The maximum Gasteiger partial charge on any atom is 0.190 e. The lowest BCUT2D eigenvalue weighted by Gasteiger charge is -2.26. The van der Waals surface area contributed by atoms with E-state index in [2.05, 4.69) is 0 Å². The molecular formula is C12H20O6. The van der Waals surface area contributed by atoms with E-state index in [4.69, 9.17) is 23.7 Å². The highest BCUT2D eigenvalue weighted by Crippen LogP contribution is 2.40. The van der Waals surface area contributed by atoms with Crippen LogP contribution in [0.15, 0.2) is 0 Å². The molecule has 6 heteroatoms. The first-order chi connectivity index (χ1) is 8.27. The van der Waals surface area contributed by atoms with E-state index in [1.54, 1.807) is 13.8 Å². The summed E-state index contributed by atoms with van der Waals surface area (Å²) in [7, 11) is 0. The second kappa shape index (κ2) is 3.88. The minimum Gasteiger partial charge on any atom is -0.387 e. The van der Waals surface area contributed by atoms with Crippen LogP contribution in [0.5, 0.6) is 0 Å². The van der Waals surface area contributed by atoms with E-state index in [0.29, 0.717) is 6.61 Å². The van der Waals surface area contributed by atoms with Gasteiger partial charge in [-0.3, -0.25) is 0 Å². The number of hydrogen-bond donors (Lipinski definition) is 1. The average Bonchev–Trinajstić information content (AvgIpc) is 2.81. The first-order valence-corrected chi connectivity index (χ1v) is 6.28. The maximum atomic E-state index is 10.3. The molecule has 3 aliphatic rings. The molecular weight excluding hydrogens is 240 g/mol. The minimum atomic E-state index is -0.765. The largest absolute Gasteiger partial charge is 0.387 e. The van der Waals surface area contributed by atoms with Crippen molar-refractivity contribution in [2.75, 3.05) is 6.61 Å². The predicted octanol–water partition coefficient (Wildman–Crippen LogP) is 0.375. The molecule has 0 aliphatic carbocycles. The Morgan fingerprint density at radius 2 is 1.67 bits per heavy atom. The van der Waals surface area contributed by atoms with Crippen molar-refractivity contribution >= 4 is 0 Å². The Balaban J connectivity index is 1.68. The van der Waals surface area contributed by atoms with Gasteiger partial charge in [0.15, 0.2) is 17.9 Å². The van der Waals surface area contributed by atoms with Gasteiger partial charge in [-0.15, -0.1) is 0 Å². The summed E-state index contributed by atoms with van der Waals surface area (Å²) in [5.74, 6) is -1.35. The van der Waals surface area contributed by atoms with Gasteiger partial charge >= 0.3 is 0 Å². The maximum absolute atomic E-state index is 10.3. The van der Waals surface area contributed by atoms with Crippen molar-refractivity contribution in [3.63, 3.8) is 0 Å². The second-order valence-corrected chi connectivity index (χ2v) is 5.93. The van der Waals surface area contributed by atoms with E-state index in [1.165, 1.54) is 0 Å². The quantitative estimate of drug-likeness (QED) is 0.735. The van der Waals surface area contributed by atoms with Gasteiger partial charge in [-0.25, -0.2) is 0 Å². The van der Waals surface area contributed by atoms with Gasteiger partial charge in [0.05, 0.1) is 6.61 Å². The zero-order chi connectivity index (χ0) is 13.1. The topological polar surface area (TPSA) is 66.4 Å². The molecule has 0 amide bonds. The molecule has 3 rings (SSSR count). The molecule has 3 fully saturated rings. The fourth-order valence-electron chi connectivity index (χ4n) is 2.70. The van der Waals surface area contributed by atoms with Crippen LogP contribution in [0.3, 0.4) is 0 Å². The molecule has 3 saturated heterocycles. The van der Waals surface area contributed by atoms with Crippen LogP contribution in [0, 0.1) is 0 Å². The summed E-state index contributed by atoms with van der Waals surface area (Å²) in [5, 5.41) is 10.3. The van der Waals surface area contributed by atoms with Crippen LogP contribution < -0.4 is 0 Å². The third-order valence-corrected chi connectivity index (χ3v) is 3.45. The number of rotatable bonds is 1. The van der Waals surface area contributed by atoms with Gasteiger partial charge in [0.2, 0.25) is 0 Å². The molecule has 0 aromatic rings. The van der Waals surface area contributed by atoms with Gasteiger partial charge in [-0.2, -0.15) is 0 Å². The van der Waals surface area contributed by atoms with E-state index in [0.717, 1.165) is 0 Å². The molecule has 0 aromatic carbocycles. The van der Waals surface area contributed by atoms with Crippen LogP contribution >= 0.6 is 0 Å². The lowest BCUT2D eigenvalue weighted by molar-refractivity contribution is -0.232. The summed E-state index contributed by atoms with van der Waals surface area (Å²) in [5.41, 5.74) is 0. The number of aliphatic hydroxyl groups excluding tert-OH is 1. The van der Waals surface area contributed by atoms with Gasteiger partial charge in [-0.1, -0.05) is 0 Å². The molecule has 104 valence electrons. The molecule has 3 aliphatic heterocycles. The van der Waals surface area contributed by atoms with Crippen molar-refractivity contribution in [1.82, 2.24) is 0 Å². The standard InChI is InChI=1S/C12H20O6/c1-11(2)14-5-6(16-11)8-7(13)9-10(15-8)18-12(3,4)17-9/h6-10,13H,5H2,1-4H3/t6-,7-,8+,9-,10-/m0/s1. The highest BCUT2D eigenvalue weighted by atomic mass is 16.8. The van der Waals surface area contributed by atoms with Crippen LogP contribution in [0.1, 0.15) is 27.7 Å². The SMILES string of the molecule is CC1(C)O[C@@H]2O[C@H]([C@@H]3COC(C)(C)O3)[C@H](O)[C@@H]2O1. The third kappa shape index (κ3) is 2.07. The summed E-state index contributed by atoms with van der Waals surface area (Å²) < 4.78 is 28.1. The van der Waals surface area contributed by atoms with E-state index in [9.17, 15) is 5.11 Å². The Morgan fingerprint density at radius 1 is 0.944 bits per heavy atom.